The molecule has 2 fully saturated rings. The minimum atomic E-state index is 0.293. The lowest BCUT2D eigenvalue weighted by molar-refractivity contribution is 0.00791. The van der Waals surface area contributed by atoms with E-state index < -0.39 is 0 Å². The fraction of sp³-hybridized carbons (Fsp3) is 0.722. The second-order valence-electron chi connectivity index (χ2n) is 7.54. The Hall–Kier alpha value is -1.02. The molecule has 0 atom stereocenters. The predicted molar refractivity (Wildman–Crippen MR) is 106 cm³/mol. The van der Waals surface area contributed by atoms with Crippen molar-refractivity contribution < 1.29 is 4.74 Å². The highest BCUT2D eigenvalue weighted by atomic mass is 35.5. The maximum Gasteiger partial charge on any atom is 0.225 e. The van der Waals surface area contributed by atoms with E-state index in [9.17, 15) is 0 Å². The van der Waals surface area contributed by atoms with Gasteiger partial charge in [0, 0.05) is 25.2 Å². The van der Waals surface area contributed by atoms with Crippen molar-refractivity contribution in [2.24, 2.45) is 0 Å². The minimum Gasteiger partial charge on any atom is -0.379 e. The van der Waals surface area contributed by atoms with Crippen LogP contribution in [0.3, 0.4) is 0 Å². The number of halogens is 1. The summed E-state index contributed by atoms with van der Waals surface area (Å²) < 4.78 is 10.1. The first kappa shape index (κ1) is 18.3. The molecule has 2 aliphatic rings. The summed E-state index contributed by atoms with van der Waals surface area (Å²) in [7, 11) is 0. The molecule has 26 heavy (non-hydrogen) atoms. The second kappa shape index (κ2) is 7.92. The summed E-state index contributed by atoms with van der Waals surface area (Å²) in [5.41, 5.74) is 1.06. The highest BCUT2D eigenvalue weighted by molar-refractivity contribution is 7.13. The third kappa shape index (κ3) is 3.81. The molecule has 2 aromatic rings. The van der Waals surface area contributed by atoms with E-state index in [1.807, 2.05) is 0 Å². The van der Waals surface area contributed by atoms with Gasteiger partial charge in [-0.1, -0.05) is 13.8 Å². The summed E-state index contributed by atoms with van der Waals surface area (Å²) in [5, 5.41) is 5.00. The molecule has 0 amide bonds. The summed E-state index contributed by atoms with van der Waals surface area (Å²) in [6.45, 7) is 8.20. The second-order valence-corrected chi connectivity index (χ2v) is 8.63. The molecule has 1 aliphatic carbocycles. The van der Waals surface area contributed by atoms with Crippen LogP contribution in [0.2, 0.25) is 5.28 Å². The maximum absolute atomic E-state index is 6.15. The largest absolute Gasteiger partial charge is 0.379 e. The van der Waals surface area contributed by atoms with Gasteiger partial charge in [0.2, 0.25) is 5.28 Å². The number of fused-ring (bicyclic) bond motifs is 1. The van der Waals surface area contributed by atoms with Crippen LogP contribution < -0.4 is 5.32 Å². The summed E-state index contributed by atoms with van der Waals surface area (Å²) >= 11 is 7.56. The zero-order valence-electron chi connectivity index (χ0n) is 15.4. The molecule has 1 saturated heterocycles. The van der Waals surface area contributed by atoms with Gasteiger partial charge in [-0.25, -0.2) is 9.97 Å². The van der Waals surface area contributed by atoms with Gasteiger partial charge in [-0.3, -0.25) is 4.90 Å². The topological polar surface area (TPSA) is 63.2 Å². The third-order valence-electron chi connectivity index (χ3n) is 5.48. The van der Waals surface area contributed by atoms with Gasteiger partial charge in [0.1, 0.15) is 5.82 Å². The molecule has 2 aromatic heterocycles. The van der Waals surface area contributed by atoms with Crippen LogP contribution in [0.1, 0.15) is 51.1 Å². The Morgan fingerprint density at radius 2 is 1.88 bits per heavy atom. The molecule has 1 aliphatic heterocycles. The van der Waals surface area contributed by atoms with Gasteiger partial charge in [0.15, 0.2) is 4.83 Å². The Balaban J connectivity index is 1.47. The standard InChI is InChI=1S/C18H26ClN5OS/c1-11(2)15-14-16(21-18(19)22-17(14)26-23-15)20-12-3-5-13(6-4-12)24-7-9-25-10-8-24/h11-13H,3-10H2,1-2H3,(H,20,21,22)/t12-,13-. The first-order valence-electron chi connectivity index (χ1n) is 9.53. The van der Waals surface area contributed by atoms with Crippen molar-refractivity contribution in [2.45, 2.75) is 57.5 Å². The van der Waals surface area contributed by atoms with E-state index in [1.54, 1.807) is 0 Å². The first-order chi connectivity index (χ1) is 12.6. The van der Waals surface area contributed by atoms with Crippen molar-refractivity contribution in [3.8, 4) is 0 Å². The van der Waals surface area contributed by atoms with E-state index in [1.165, 1.54) is 24.4 Å². The van der Waals surface area contributed by atoms with Crippen molar-refractivity contribution in [3.63, 3.8) is 0 Å². The van der Waals surface area contributed by atoms with Gasteiger partial charge < -0.3 is 10.1 Å². The number of aromatic nitrogens is 3. The van der Waals surface area contributed by atoms with Crippen molar-refractivity contribution in [3.05, 3.63) is 11.0 Å². The van der Waals surface area contributed by atoms with Gasteiger partial charge in [-0.05, 0) is 54.7 Å². The van der Waals surface area contributed by atoms with Crippen LogP contribution in [-0.4, -0.2) is 57.6 Å². The molecule has 3 heterocycles. The fourth-order valence-corrected chi connectivity index (χ4v) is 5.19. The number of hydrogen-bond acceptors (Lipinski definition) is 7. The van der Waals surface area contributed by atoms with E-state index >= 15 is 0 Å². The Bertz CT molecular complexity index is 753. The number of anilines is 1. The molecule has 0 unspecified atom stereocenters. The first-order valence-corrected chi connectivity index (χ1v) is 10.7. The van der Waals surface area contributed by atoms with Crippen LogP contribution in [0.5, 0.6) is 0 Å². The molecule has 6 nitrogen and oxygen atoms in total. The molecule has 1 N–H and O–H groups in total. The summed E-state index contributed by atoms with van der Waals surface area (Å²) in [4.78, 5) is 12.3. The molecule has 142 valence electrons. The molecule has 1 saturated carbocycles. The Morgan fingerprint density at radius 3 is 2.58 bits per heavy atom. The van der Waals surface area contributed by atoms with Crippen LogP contribution in [0.4, 0.5) is 5.82 Å². The molecular weight excluding hydrogens is 370 g/mol. The third-order valence-corrected chi connectivity index (χ3v) is 6.41. The van der Waals surface area contributed by atoms with Crippen molar-refractivity contribution >= 4 is 39.2 Å². The zero-order valence-corrected chi connectivity index (χ0v) is 16.9. The Kier molecular flexibility index (Phi) is 5.59. The summed E-state index contributed by atoms with van der Waals surface area (Å²) in [5.74, 6) is 1.19. The molecular formula is C18H26ClN5OS. The smallest absolute Gasteiger partial charge is 0.225 e. The van der Waals surface area contributed by atoms with Crippen molar-refractivity contribution in [1.82, 2.24) is 19.2 Å². The molecule has 4 rings (SSSR count). The number of nitrogens with zero attached hydrogens (tertiary/aromatic N) is 4. The van der Waals surface area contributed by atoms with Gasteiger partial charge in [-0.2, -0.15) is 4.37 Å². The Morgan fingerprint density at radius 1 is 1.15 bits per heavy atom. The fourth-order valence-electron chi connectivity index (χ4n) is 4.07. The lowest BCUT2D eigenvalue weighted by Crippen LogP contribution is -2.46. The normalized spacial score (nSPS) is 25.1. The van der Waals surface area contributed by atoms with Crippen LogP contribution in [0, 0.1) is 0 Å². The molecule has 8 heteroatoms. The molecule has 0 spiro atoms. The molecule has 0 aromatic carbocycles. The van der Waals surface area contributed by atoms with Crippen LogP contribution in [0.25, 0.3) is 10.2 Å². The lowest BCUT2D eigenvalue weighted by atomic mass is 9.90. The average molecular weight is 396 g/mol. The van der Waals surface area contributed by atoms with Crippen LogP contribution >= 0.6 is 23.1 Å². The van der Waals surface area contributed by atoms with E-state index in [4.69, 9.17) is 16.3 Å². The number of rotatable bonds is 4. The van der Waals surface area contributed by atoms with Crippen molar-refractivity contribution in [1.29, 1.82) is 0 Å². The Labute approximate surface area is 163 Å². The minimum absolute atomic E-state index is 0.293. The van der Waals surface area contributed by atoms with Crippen molar-refractivity contribution in [2.75, 3.05) is 31.6 Å². The maximum atomic E-state index is 6.15. The van der Waals surface area contributed by atoms with E-state index in [0.29, 0.717) is 23.3 Å². The highest BCUT2D eigenvalue weighted by Gasteiger charge is 2.28. The molecule has 0 bridgehead atoms. The van der Waals surface area contributed by atoms with Gasteiger partial charge >= 0.3 is 0 Å². The highest BCUT2D eigenvalue weighted by Crippen LogP contribution is 2.34. The van der Waals surface area contributed by atoms with Gasteiger partial charge in [0.25, 0.3) is 0 Å². The number of ether oxygens (including phenoxy) is 1. The lowest BCUT2D eigenvalue weighted by Gasteiger charge is -2.39. The van der Waals surface area contributed by atoms with Crippen LogP contribution in [0.15, 0.2) is 0 Å². The average Bonchev–Trinajstić information content (AvgIpc) is 3.07. The molecule has 0 radical (unpaired) electrons. The zero-order chi connectivity index (χ0) is 18.1. The summed E-state index contributed by atoms with van der Waals surface area (Å²) in [6, 6.07) is 1.13. The predicted octanol–water partition coefficient (Wildman–Crippen LogP) is 3.92. The quantitative estimate of drug-likeness (QED) is 0.791. The van der Waals surface area contributed by atoms with E-state index in [-0.39, 0.29) is 0 Å². The monoisotopic (exact) mass is 395 g/mol. The SMILES string of the molecule is CC(C)c1nsc2nc(Cl)nc(N[C@H]3CC[C@H](N4CCOCC4)CC3)c12. The van der Waals surface area contributed by atoms with Gasteiger partial charge in [-0.15, -0.1) is 0 Å². The number of hydrogen-bond donors (Lipinski definition) is 1. The van der Waals surface area contributed by atoms with Crippen LogP contribution in [-0.2, 0) is 4.74 Å². The number of nitrogens with one attached hydrogen (secondary N) is 1. The van der Waals surface area contributed by atoms with E-state index in [0.717, 1.165) is 60.9 Å². The number of morpholine rings is 1. The summed E-state index contributed by atoms with van der Waals surface area (Å²) in [6.07, 6.45) is 4.75. The van der Waals surface area contributed by atoms with Gasteiger partial charge in [0.05, 0.1) is 24.3 Å². The van der Waals surface area contributed by atoms with E-state index in [2.05, 4.69) is 38.4 Å².